The van der Waals surface area contributed by atoms with Gasteiger partial charge in [0.2, 0.25) is 11.8 Å². The largest absolute Gasteiger partial charge is 0.445 e. The molecule has 4 rings (SSSR count). The Bertz CT molecular complexity index is 2520. The highest BCUT2D eigenvalue weighted by Gasteiger charge is 2.33. The molecule has 22 heteroatoms. The highest BCUT2D eigenvalue weighted by molar-refractivity contribution is 5.98. The van der Waals surface area contributed by atoms with E-state index in [1.807, 2.05) is 37.4 Å². The van der Waals surface area contributed by atoms with Gasteiger partial charge in [0.25, 0.3) is 11.4 Å². The molecule has 0 radical (unpaired) electrons. The number of fused-ring (bicyclic) bond motifs is 1. The smallest absolute Gasteiger partial charge is 0.407 e. The second-order valence-corrected chi connectivity index (χ2v) is 17.4. The number of ether oxygens (including phenoxy) is 1. The standard InChI is InChI=1S/C48H61N11O11.CH4/c1-30(2)44(56-46(63)34(10-6-7-23-54-57-50)25-42(60)31(3)24-36-28-53-40-14-5-4-13-39(36)40)43(61)26-35(12-9-21-51-47(49)64)45(62)55-37-18-15-32(16-19-37)29-70-48(65)52-22-8-11-33-17-20-38(58(66)67)27-41(33)59(68)69;/h4-5,13-20,27-28,30-31,34-35,44,53H,6-12,21-26,29H2,1-3H3,(H,52,65)(H,55,62)(H,56,63)(H3,49,51,64);1H4/t31-,34+,35+,44-;/m0./s1. The molecule has 4 aromatic rings. The number of carbonyl (C=O) groups is 6. The monoisotopic (exact) mass is 983 g/mol. The van der Waals surface area contributed by atoms with E-state index in [-0.39, 0.29) is 82.3 Å². The average molecular weight is 984 g/mol. The van der Waals surface area contributed by atoms with E-state index in [9.17, 15) is 49.0 Å². The summed E-state index contributed by atoms with van der Waals surface area (Å²) in [6, 6.07) is 15.9. The van der Waals surface area contributed by atoms with Gasteiger partial charge in [0, 0.05) is 89.6 Å². The van der Waals surface area contributed by atoms with Crippen molar-refractivity contribution >= 4 is 63.5 Å². The summed E-state index contributed by atoms with van der Waals surface area (Å²) < 4.78 is 5.28. The summed E-state index contributed by atoms with van der Waals surface area (Å²) in [6.07, 6.45) is 3.56. The molecular formula is C49H65N11O11. The van der Waals surface area contributed by atoms with Gasteiger partial charge in [-0.1, -0.05) is 70.1 Å². The number of alkyl carbamates (subject to hydrolysis) is 1. The Kier molecular flexibility index (Phi) is 23.6. The summed E-state index contributed by atoms with van der Waals surface area (Å²) in [5.74, 6) is -3.91. The number of unbranched alkanes of at least 4 members (excludes halogenated alkanes) is 1. The second-order valence-electron chi connectivity index (χ2n) is 17.4. The van der Waals surface area contributed by atoms with E-state index in [4.69, 9.17) is 16.0 Å². The Labute approximate surface area is 411 Å². The number of nitrogens with one attached hydrogen (secondary N) is 5. The molecule has 4 atom stereocenters. The van der Waals surface area contributed by atoms with Crippen LogP contribution in [0.3, 0.4) is 0 Å². The zero-order valence-electron chi connectivity index (χ0n) is 39.5. The van der Waals surface area contributed by atoms with Crippen molar-refractivity contribution in [2.75, 3.05) is 25.0 Å². The van der Waals surface area contributed by atoms with Crippen LogP contribution in [-0.4, -0.2) is 76.0 Å². The lowest BCUT2D eigenvalue weighted by molar-refractivity contribution is -0.394. The molecule has 0 bridgehead atoms. The van der Waals surface area contributed by atoms with Gasteiger partial charge in [-0.3, -0.25) is 39.4 Å². The molecule has 0 spiro atoms. The number of aromatic nitrogens is 1. The number of nitro groups is 2. The Balaban J connectivity index is 0.0000133. The van der Waals surface area contributed by atoms with Crippen LogP contribution >= 0.6 is 0 Å². The number of non-ortho nitro benzene ring substituents is 1. The minimum Gasteiger partial charge on any atom is -0.445 e. The fourth-order valence-electron chi connectivity index (χ4n) is 7.92. The van der Waals surface area contributed by atoms with E-state index < -0.39 is 69.1 Å². The van der Waals surface area contributed by atoms with Gasteiger partial charge >= 0.3 is 12.1 Å². The summed E-state index contributed by atoms with van der Waals surface area (Å²) in [5, 5.41) is 37.8. The van der Waals surface area contributed by atoms with Gasteiger partial charge in [-0.05, 0) is 91.8 Å². The third-order valence-electron chi connectivity index (χ3n) is 11.8. The molecule has 382 valence electrons. The molecule has 71 heavy (non-hydrogen) atoms. The lowest BCUT2D eigenvalue weighted by Crippen LogP contribution is -2.48. The zero-order valence-corrected chi connectivity index (χ0v) is 39.5. The number of azide groups is 1. The first-order valence-electron chi connectivity index (χ1n) is 23.1. The van der Waals surface area contributed by atoms with Gasteiger partial charge in [0.1, 0.15) is 12.4 Å². The van der Waals surface area contributed by atoms with Crippen LogP contribution in [0.2, 0.25) is 0 Å². The SMILES string of the molecule is C.CC(C)[C@H](NC(=O)[C@H](CCCCN=[N+]=[N-])CC(=O)[C@@H](C)Cc1c[nH]c2ccccc12)C(=O)C[C@@H](CCCNC(N)=O)C(=O)Nc1ccc(COC(=O)NCCCc2ccc([N+](=O)[O-])cc2[N+](=O)[O-])cc1. The maximum absolute atomic E-state index is 14.1. The van der Waals surface area contributed by atoms with Crippen LogP contribution in [0.4, 0.5) is 26.7 Å². The van der Waals surface area contributed by atoms with Crippen molar-refractivity contribution in [1.82, 2.24) is 20.9 Å². The predicted octanol–water partition coefficient (Wildman–Crippen LogP) is 8.52. The van der Waals surface area contributed by atoms with Gasteiger partial charge in [-0.15, -0.1) is 0 Å². The number of anilines is 1. The number of para-hydroxylation sites is 1. The number of hydrogen-bond donors (Lipinski definition) is 6. The lowest BCUT2D eigenvalue weighted by atomic mass is 9.86. The van der Waals surface area contributed by atoms with Crippen molar-refractivity contribution in [2.24, 2.45) is 34.5 Å². The molecule has 1 heterocycles. The third-order valence-corrected chi connectivity index (χ3v) is 11.8. The van der Waals surface area contributed by atoms with Crippen LogP contribution in [-0.2, 0) is 43.4 Å². The van der Waals surface area contributed by atoms with Crippen LogP contribution in [0, 0.1) is 43.9 Å². The number of amides is 5. The van der Waals surface area contributed by atoms with E-state index in [1.165, 1.54) is 12.1 Å². The number of nitrogens with two attached hydrogens (primary N) is 1. The number of aromatic amines is 1. The Morgan fingerprint density at radius 2 is 1.49 bits per heavy atom. The first-order chi connectivity index (χ1) is 33.5. The first-order valence-corrected chi connectivity index (χ1v) is 23.1. The minimum atomic E-state index is -0.996. The first kappa shape index (κ1) is 57.4. The summed E-state index contributed by atoms with van der Waals surface area (Å²) in [6.45, 7) is 5.73. The van der Waals surface area contributed by atoms with Crippen LogP contribution in [0.1, 0.15) is 96.3 Å². The minimum absolute atomic E-state index is 0. The molecule has 0 saturated carbocycles. The van der Waals surface area contributed by atoms with E-state index in [0.717, 1.165) is 22.5 Å². The summed E-state index contributed by atoms with van der Waals surface area (Å²) in [7, 11) is 0. The molecule has 1 aromatic heterocycles. The van der Waals surface area contributed by atoms with Crippen LogP contribution < -0.4 is 27.0 Å². The maximum atomic E-state index is 14.1. The Morgan fingerprint density at radius 1 is 0.817 bits per heavy atom. The van der Waals surface area contributed by atoms with Crippen molar-refractivity contribution in [1.29, 1.82) is 0 Å². The molecule has 0 aliphatic heterocycles. The number of rotatable bonds is 30. The number of ketones is 2. The molecule has 22 nitrogen and oxygen atoms in total. The average Bonchev–Trinajstić information content (AvgIpc) is 3.74. The van der Waals surface area contributed by atoms with Gasteiger partial charge in [-0.25, -0.2) is 9.59 Å². The number of carbonyl (C=O) groups excluding carboxylic acids is 6. The maximum Gasteiger partial charge on any atom is 0.407 e. The third kappa shape index (κ3) is 18.9. The highest BCUT2D eigenvalue weighted by atomic mass is 16.6. The van der Waals surface area contributed by atoms with Crippen molar-refractivity contribution < 1.29 is 43.4 Å². The lowest BCUT2D eigenvalue weighted by Gasteiger charge is -2.26. The van der Waals surface area contributed by atoms with E-state index in [1.54, 1.807) is 38.1 Å². The highest BCUT2D eigenvalue weighted by Crippen LogP contribution is 2.27. The second kappa shape index (κ2) is 29.2. The molecule has 0 aliphatic rings. The van der Waals surface area contributed by atoms with Crippen LogP contribution in [0.15, 0.2) is 78.0 Å². The number of H-pyrrole nitrogens is 1. The number of nitrogens with zero attached hydrogens (tertiary/aromatic N) is 5. The number of hydrogen-bond acceptors (Lipinski definition) is 12. The number of urea groups is 1. The molecular weight excluding hydrogens is 919 g/mol. The molecule has 0 aliphatic carbocycles. The van der Waals surface area contributed by atoms with E-state index in [0.29, 0.717) is 49.8 Å². The van der Waals surface area contributed by atoms with Crippen molar-refractivity contribution in [3.8, 4) is 0 Å². The van der Waals surface area contributed by atoms with Crippen LogP contribution in [0.5, 0.6) is 0 Å². The predicted molar refractivity (Wildman–Crippen MR) is 267 cm³/mol. The number of nitro benzene ring substituents is 2. The summed E-state index contributed by atoms with van der Waals surface area (Å²) in [4.78, 5) is 106. The van der Waals surface area contributed by atoms with E-state index in [2.05, 4.69) is 36.3 Å². The van der Waals surface area contributed by atoms with Crippen molar-refractivity contribution in [2.45, 2.75) is 105 Å². The number of primary amides is 1. The van der Waals surface area contributed by atoms with Gasteiger partial charge in [0.05, 0.1) is 22.0 Å². The van der Waals surface area contributed by atoms with Gasteiger partial charge in [0.15, 0.2) is 5.78 Å². The molecule has 0 unspecified atom stereocenters. The topological polar surface area (TPSA) is 337 Å². The number of Topliss-reactive ketones (excluding diaryl/α,β-unsaturated/α-hetero) is 2. The fraction of sp³-hybridized carbons (Fsp3) is 0.469. The molecule has 0 fully saturated rings. The van der Waals surface area contributed by atoms with Crippen molar-refractivity contribution in [3.05, 3.63) is 120 Å². The van der Waals surface area contributed by atoms with E-state index >= 15 is 0 Å². The summed E-state index contributed by atoms with van der Waals surface area (Å²) >= 11 is 0. The molecule has 0 saturated heterocycles. The van der Waals surface area contributed by atoms with Gasteiger partial charge < -0.3 is 36.7 Å². The fourth-order valence-corrected chi connectivity index (χ4v) is 7.92. The molecule has 3 aromatic carbocycles. The van der Waals surface area contributed by atoms with Gasteiger partial charge in [-0.2, -0.15) is 0 Å². The number of benzene rings is 3. The quantitative estimate of drug-likeness (QED) is 0.00718. The Morgan fingerprint density at radius 3 is 2.17 bits per heavy atom. The van der Waals surface area contributed by atoms with Crippen molar-refractivity contribution in [3.63, 3.8) is 0 Å². The summed E-state index contributed by atoms with van der Waals surface area (Å²) in [5.41, 5.74) is 16.4. The zero-order chi connectivity index (χ0) is 51.2. The van der Waals surface area contributed by atoms with Crippen LogP contribution in [0.25, 0.3) is 21.3 Å². The normalized spacial score (nSPS) is 12.5. The molecule has 7 N–H and O–H groups in total. The molecule has 5 amide bonds. The Hall–Kier alpha value is -7.87. The number of aryl methyl sites for hydroxylation is 1.